The Morgan fingerprint density at radius 3 is 1.64 bits per heavy atom. The van der Waals surface area contributed by atoms with Crippen molar-refractivity contribution in [2.24, 2.45) is 22.0 Å². The summed E-state index contributed by atoms with van der Waals surface area (Å²) in [4.78, 5) is 23.1. The second-order valence-electron chi connectivity index (χ2n) is 5.53. The van der Waals surface area contributed by atoms with Gasteiger partial charge in [0.25, 0.3) is 0 Å². The molecule has 0 fully saturated rings. The van der Waals surface area contributed by atoms with Gasteiger partial charge in [-0.05, 0) is 50.4 Å². The molecule has 0 unspecified atom stereocenters. The van der Waals surface area contributed by atoms with Gasteiger partial charge in [0.2, 0.25) is 0 Å². The highest BCUT2D eigenvalue weighted by molar-refractivity contribution is 6.35. The van der Waals surface area contributed by atoms with Crippen molar-refractivity contribution in [1.29, 1.82) is 0 Å². The molecule has 0 saturated carbocycles. The Labute approximate surface area is 130 Å². The average Bonchev–Trinajstić information content (AvgIpc) is 2.56. The lowest BCUT2D eigenvalue weighted by molar-refractivity contribution is -0.139. The molecule has 22 heavy (non-hydrogen) atoms. The molecular weight excluding hydrogens is 280 g/mol. The van der Waals surface area contributed by atoms with E-state index < -0.39 is 11.8 Å². The second kappa shape index (κ2) is 8.92. The number of allylic oxidation sites excluding steroid dienone is 4. The Balaban J connectivity index is 1.66. The minimum absolute atomic E-state index is 0.325. The fourth-order valence-electron chi connectivity index (χ4n) is 2.41. The number of hydrogen-bond acceptors (Lipinski definition) is 4. The van der Waals surface area contributed by atoms with Crippen molar-refractivity contribution in [3.8, 4) is 0 Å². The molecule has 6 heteroatoms. The maximum absolute atomic E-state index is 11.5. The molecule has 0 spiro atoms. The van der Waals surface area contributed by atoms with Gasteiger partial charge in [-0.1, -0.05) is 24.3 Å². The summed E-state index contributed by atoms with van der Waals surface area (Å²) in [6.07, 6.45) is 17.8. The maximum Gasteiger partial charge on any atom is 0.331 e. The lowest BCUT2D eigenvalue weighted by Gasteiger charge is -2.12. The predicted molar refractivity (Wildman–Crippen MR) is 86.2 cm³/mol. The van der Waals surface area contributed by atoms with Crippen LogP contribution in [0.3, 0.4) is 0 Å². The van der Waals surface area contributed by atoms with Crippen LogP contribution < -0.4 is 10.9 Å². The van der Waals surface area contributed by atoms with Crippen LogP contribution >= 0.6 is 0 Å². The van der Waals surface area contributed by atoms with Crippen molar-refractivity contribution >= 4 is 24.2 Å². The Bertz CT molecular complexity index is 462. The van der Waals surface area contributed by atoms with Crippen LogP contribution in [0.2, 0.25) is 0 Å². The summed E-state index contributed by atoms with van der Waals surface area (Å²) in [6.45, 7) is 0. The van der Waals surface area contributed by atoms with E-state index in [0.717, 1.165) is 38.5 Å². The summed E-state index contributed by atoms with van der Waals surface area (Å²) < 4.78 is 0. The molecule has 0 aromatic rings. The third-order valence-corrected chi connectivity index (χ3v) is 3.73. The van der Waals surface area contributed by atoms with E-state index >= 15 is 0 Å². The van der Waals surface area contributed by atoms with Gasteiger partial charge in [0, 0.05) is 12.4 Å². The van der Waals surface area contributed by atoms with E-state index in [9.17, 15) is 9.59 Å². The molecule has 0 radical (unpaired) electrons. The first-order valence-electron chi connectivity index (χ1n) is 7.72. The Hall–Kier alpha value is -2.24. The van der Waals surface area contributed by atoms with E-state index in [0.29, 0.717) is 11.8 Å². The zero-order chi connectivity index (χ0) is 15.6. The van der Waals surface area contributed by atoms with Crippen molar-refractivity contribution in [1.82, 2.24) is 10.9 Å². The molecule has 2 atom stereocenters. The fraction of sp³-hybridized carbons (Fsp3) is 0.500. The van der Waals surface area contributed by atoms with Crippen molar-refractivity contribution in [2.75, 3.05) is 0 Å². The first-order chi connectivity index (χ1) is 10.8. The van der Waals surface area contributed by atoms with E-state index in [-0.39, 0.29) is 0 Å². The molecule has 118 valence electrons. The van der Waals surface area contributed by atoms with Crippen LogP contribution in [0, 0.1) is 11.8 Å². The third kappa shape index (κ3) is 5.63. The maximum atomic E-state index is 11.5. The van der Waals surface area contributed by atoms with E-state index in [1.165, 1.54) is 0 Å². The standard InChI is InChI=1S/C16H22N4O2/c21-15(19-17-11-13-7-3-1-4-8-13)16(22)20-18-12-14-9-5-2-6-10-14/h1-3,5,11-14H,4,6-10H2,(H,19,21)(H,20,22)/b17-11-,18-12-/t13-,14+. The van der Waals surface area contributed by atoms with Crippen molar-refractivity contribution in [2.45, 2.75) is 38.5 Å². The zero-order valence-corrected chi connectivity index (χ0v) is 12.6. The molecule has 6 nitrogen and oxygen atoms in total. The van der Waals surface area contributed by atoms with Gasteiger partial charge in [-0.15, -0.1) is 0 Å². The summed E-state index contributed by atoms with van der Waals surface area (Å²) in [5, 5.41) is 7.67. The van der Waals surface area contributed by atoms with Gasteiger partial charge in [0.15, 0.2) is 0 Å². The van der Waals surface area contributed by atoms with E-state index in [2.05, 4.69) is 45.4 Å². The van der Waals surface area contributed by atoms with Gasteiger partial charge in [-0.25, -0.2) is 10.9 Å². The smallest absolute Gasteiger partial charge is 0.262 e. The Morgan fingerprint density at radius 2 is 1.27 bits per heavy atom. The molecule has 0 aromatic heterocycles. The van der Waals surface area contributed by atoms with Crippen LogP contribution in [0.15, 0.2) is 34.5 Å². The van der Waals surface area contributed by atoms with Crippen LogP contribution in [-0.2, 0) is 9.59 Å². The number of rotatable bonds is 4. The SMILES string of the molecule is O=C(N/N=C\[C@@H]1CC=CCC1)C(=O)N/N=C\[C@H]1CC=CCC1. The molecule has 2 amide bonds. The van der Waals surface area contributed by atoms with E-state index in [1.807, 2.05) is 0 Å². The summed E-state index contributed by atoms with van der Waals surface area (Å²) in [5.41, 5.74) is 4.45. The quantitative estimate of drug-likeness (QED) is 0.360. The largest absolute Gasteiger partial charge is 0.331 e. The molecule has 2 rings (SSSR count). The number of hydrazone groups is 2. The average molecular weight is 302 g/mol. The number of amides is 2. The Kier molecular flexibility index (Phi) is 6.54. The van der Waals surface area contributed by atoms with Crippen molar-refractivity contribution in [3.63, 3.8) is 0 Å². The number of nitrogens with zero attached hydrogens (tertiary/aromatic N) is 2. The van der Waals surface area contributed by atoms with Gasteiger partial charge >= 0.3 is 11.8 Å². The molecule has 0 aliphatic heterocycles. The second-order valence-corrected chi connectivity index (χ2v) is 5.53. The van der Waals surface area contributed by atoms with Gasteiger partial charge in [0.05, 0.1) is 0 Å². The summed E-state index contributed by atoms with van der Waals surface area (Å²) in [6, 6.07) is 0. The fourth-order valence-corrected chi connectivity index (χ4v) is 2.41. The topological polar surface area (TPSA) is 82.9 Å². The molecular formula is C16H22N4O2. The van der Waals surface area contributed by atoms with Crippen LogP contribution in [0.1, 0.15) is 38.5 Å². The van der Waals surface area contributed by atoms with E-state index in [4.69, 9.17) is 0 Å². The van der Waals surface area contributed by atoms with Crippen LogP contribution in [0.25, 0.3) is 0 Å². The molecule has 2 aliphatic carbocycles. The van der Waals surface area contributed by atoms with Crippen molar-refractivity contribution < 1.29 is 9.59 Å². The van der Waals surface area contributed by atoms with Crippen molar-refractivity contribution in [3.05, 3.63) is 24.3 Å². The molecule has 2 N–H and O–H groups in total. The summed E-state index contributed by atoms with van der Waals surface area (Å²) in [7, 11) is 0. The van der Waals surface area contributed by atoms with Gasteiger partial charge in [-0.3, -0.25) is 9.59 Å². The van der Waals surface area contributed by atoms with Crippen LogP contribution in [0.4, 0.5) is 0 Å². The molecule has 0 bridgehead atoms. The number of nitrogens with one attached hydrogen (secondary N) is 2. The number of carbonyl (C=O) groups excluding carboxylic acids is 2. The van der Waals surface area contributed by atoms with Crippen LogP contribution in [0.5, 0.6) is 0 Å². The van der Waals surface area contributed by atoms with Gasteiger partial charge in [-0.2, -0.15) is 10.2 Å². The molecule has 0 saturated heterocycles. The molecule has 0 heterocycles. The number of hydrogen-bond donors (Lipinski definition) is 2. The first-order valence-corrected chi connectivity index (χ1v) is 7.72. The lowest BCUT2D eigenvalue weighted by Crippen LogP contribution is -2.35. The highest BCUT2D eigenvalue weighted by Crippen LogP contribution is 2.16. The van der Waals surface area contributed by atoms with E-state index in [1.54, 1.807) is 12.4 Å². The number of carbonyl (C=O) groups is 2. The Morgan fingerprint density at radius 1 is 0.818 bits per heavy atom. The first kappa shape index (κ1) is 16.1. The highest BCUT2D eigenvalue weighted by atomic mass is 16.2. The lowest BCUT2D eigenvalue weighted by atomic mass is 9.96. The predicted octanol–water partition coefficient (Wildman–Crippen LogP) is 1.90. The highest BCUT2D eigenvalue weighted by Gasteiger charge is 2.13. The third-order valence-electron chi connectivity index (χ3n) is 3.73. The summed E-state index contributed by atoms with van der Waals surface area (Å²) >= 11 is 0. The molecule has 0 aromatic carbocycles. The summed E-state index contributed by atoms with van der Waals surface area (Å²) in [5.74, 6) is -0.956. The minimum atomic E-state index is -0.803. The van der Waals surface area contributed by atoms with Gasteiger partial charge < -0.3 is 0 Å². The molecule has 2 aliphatic rings. The van der Waals surface area contributed by atoms with Gasteiger partial charge in [0.1, 0.15) is 0 Å². The minimum Gasteiger partial charge on any atom is -0.262 e. The monoisotopic (exact) mass is 302 g/mol. The zero-order valence-electron chi connectivity index (χ0n) is 12.6. The van der Waals surface area contributed by atoms with Crippen LogP contribution in [-0.4, -0.2) is 24.2 Å². The normalized spacial score (nSPS) is 24.7.